The molecule has 0 unspecified atom stereocenters. The number of carbonyl (C=O) groups is 1. The Kier molecular flexibility index (Phi) is 4.36. The van der Waals surface area contributed by atoms with E-state index in [0.29, 0.717) is 38.7 Å². The minimum Gasteiger partial charge on any atom is -0.354 e. The van der Waals surface area contributed by atoms with Crippen LogP contribution in [0, 0.1) is 5.82 Å². The van der Waals surface area contributed by atoms with Gasteiger partial charge in [0.15, 0.2) is 5.43 Å². The van der Waals surface area contributed by atoms with Crippen LogP contribution in [-0.2, 0) is 7.05 Å². The lowest BCUT2D eigenvalue weighted by Gasteiger charge is -2.11. The molecule has 0 fully saturated rings. The van der Waals surface area contributed by atoms with Crippen LogP contribution in [0.4, 0.5) is 10.1 Å². The standard InChI is InChI=1S/C24H17FN4O2/c1-29-13-15(12-26-29)18-11-16(25)7-9-21(18)28-24(31)14-6-8-22-19(10-14)23(30)17-4-2-3-5-20(17)27-22/h2-13H,1H3,(H,27,30)(H,28,31). The predicted molar refractivity (Wildman–Crippen MR) is 119 cm³/mol. The van der Waals surface area contributed by atoms with Crippen molar-refractivity contribution in [1.82, 2.24) is 14.8 Å². The molecule has 2 aromatic heterocycles. The second kappa shape index (κ2) is 7.21. The number of rotatable bonds is 3. The maximum atomic E-state index is 13.9. The molecule has 3 aromatic carbocycles. The Hall–Kier alpha value is -4.26. The minimum absolute atomic E-state index is 0.142. The molecule has 2 N–H and O–H groups in total. The largest absolute Gasteiger partial charge is 0.354 e. The first kappa shape index (κ1) is 18.7. The van der Waals surface area contributed by atoms with E-state index in [9.17, 15) is 14.0 Å². The number of H-pyrrole nitrogens is 1. The van der Waals surface area contributed by atoms with E-state index in [-0.39, 0.29) is 5.43 Å². The van der Waals surface area contributed by atoms with Gasteiger partial charge in [-0.2, -0.15) is 5.10 Å². The van der Waals surface area contributed by atoms with Gasteiger partial charge in [0, 0.05) is 57.4 Å². The summed E-state index contributed by atoms with van der Waals surface area (Å²) in [7, 11) is 1.76. The summed E-state index contributed by atoms with van der Waals surface area (Å²) in [4.78, 5) is 29.1. The predicted octanol–water partition coefficient (Wildman–Crippen LogP) is 4.47. The molecule has 2 heterocycles. The van der Waals surface area contributed by atoms with E-state index >= 15 is 0 Å². The summed E-state index contributed by atoms with van der Waals surface area (Å²) in [6.45, 7) is 0. The Morgan fingerprint density at radius 3 is 2.65 bits per heavy atom. The van der Waals surface area contributed by atoms with E-state index in [4.69, 9.17) is 0 Å². The summed E-state index contributed by atoms with van der Waals surface area (Å²) >= 11 is 0. The zero-order valence-corrected chi connectivity index (χ0v) is 16.5. The number of aryl methyl sites for hydroxylation is 1. The molecule has 0 bridgehead atoms. The first-order chi connectivity index (χ1) is 15.0. The topological polar surface area (TPSA) is 79.8 Å². The van der Waals surface area contributed by atoms with Crippen LogP contribution in [0.25, 0.3) is 32.9 Å². The third kappa shape index (κ3) is 3.36. The van der Waals surface area contributed by atoms with Gasteiger partial charge in [0.2, 0.25) is 0 Å². The van der Waals surface area contributed by atoms with Gasteiger partial charge in [0.25, 0.3) is 5.91 Å². The summed E-state index contributed by atoms with van der Waals surface area (Å²) in [6.07, 6.45) is 3.34. The fourth-order valence-corrected chi connectivity index (χ4v) is 3.68. The first-order valence-electron chi connectivity index (χ1n) is 9.64. The summed E-state index contributed by atoms with van der Waals surface area (Å²) in [5, 5.41) is 7.93. The fourth-order valence-electron chi connectivity index (χ4n) is 3.68. The number of halogens is 1. The molecule has 1 amide bonds. The molecule has 0 aliphatic heterocycles. The fraction of sp³-hybridized carbons (Fsp3) is 0.0417. The number of para-hydroxylation sites is 1. The van der Waals surface area contributed by atoms with E-state index in [1.165, 1.54) is 18.2 Å². The summed E-state index contributed by atoms with van der Waals surface area (Å²) in [5.41, 5.74) is 3.23. The Labute approximate surface area is 176 Å². The van der Waals surface area contributed by atoms with Crippen molar-refractivity contribution in [2.45, 2.75) is 0 Å². The monoisotopic (exact) mass is 412 g/mol. The number of hydrogen-bond donors (Lipinski definition) is 2. The molecule has 0 spiro atoms. The van der Waals surface area contributed by atoms with Crippen molar-refractivity contribution in [3.8, 4) is 11.1 Å². The molecule has 6 nitrogen and oxygen atoms in total. The van der Waals surface area contributed by atoms with Crippen LogP contribution in [0.2, 0.25) is 0 Å². The van der Waals surface area contributed by atoms with Gasteiger partial charge in [-0.05, 0) is 48.5 Å². The normalized spacial score (nSPS) is 11.2. The summed E-state index contributed by atoms with van der Waals surface area (Å²) < 4.78 is 15.5. The van der Waals surface area contributed by atoms with Gasteiger partial charge in [-0.1, -0.05) is 12.1 Å². The molecule has 0 aliphatic rings. The highest BCUT2D eigenvalue weighted by Crippen LogP contribution is 2.29. The maximum Gasteiger partial charge on any atom is 0.255 e. The van der Waals surface area contributed by atoms with Gasteiger partial charge < -0.3 is 10.3 Å². The van der Waals surface area contributed by atoms with Crippen LogP contribution in [0.5, 0.6) is 0 Å². The maximum absolute atomic E-state index is 13.9. The molecular formula is C24H17FN4O2. The molecular weight excluding hydrogens is 395 g/mol. The third-order valence-electron chi connectivity index (χ3n) is 5.21. The minimum atomic E-state index is -0.416. The number of nitrogens with zero attached hydrogens (tertiary/aromatic N) is 2. The highest BCUT2D eigenvalue weighted by molar-refractivity contribution is 6.08. The number of benzene rings is 3. The Balaban J connectivity index is 1.55. The van der Waals surface area contributed by atoms with Crippen molar-refractivity contribution < 1.29 is 9.18 Å². The van der Waals surface area contributed by atoms with Crippen LogP contribution in [0.3, 0.4) is 0 Å². The second-order valence-electron chi connectivity index (χ2n) is 7.31. The van der Waals surface area contributed by atoms with Crippen LogP contribution < -0.4 is 10.7 Å². The molecule has 5 aromatic rings. The molecule has 0 aliphatic carbocycles. The SMILES string of the molecule is Cn1cc(-c2cc(F)ccc2NC(=O)c2ccc3[nH]c4ccccc4c(=O)c3c2)cn1. The highest BCUT2D eigenvalue weighted by atomic mass is 19.1. The number of carbonyl (C=O) groups excluding carboxylic acids is 1. The zero-order valence-electron chi connectivity index (χ0n) is 16.5. The van der Waals surface area contributed by atoms with Gasteiger partial charge in [-0.15, -0.1) is 0 Å². The number of nitrogens with one attached hydrogen (secondary N) is 2. The van der Waals surface area contributed by atoms with Gasteiger partial charge >= 0.3 is 0 Å². The van der Waals surface area contributed by atoms with Crippen molar-refractivity contribution in [3.05, 3.63) is 94.7 Å². The highest BCUT2D eigenvalue weighted by Gasteiger charge is 2.14. The lowest BCUT2D eigenvalue weighted by atomic mass is 10.1. The molecule has 7 heteroatoms. The lowest BCUT2D eigenvalue weighted by Crippen LogP contribution is -2.14. The van der Waals surface area contributed by atoms with Crippen LogP contribution in [0.15, 0.2) is 77.9 Å². The Morgan fingerprint density at radius 2 is 1.84 bits per heavy atom. The second-order valence-corrected chi connectivity index (χ2v) is 7.31. The number of pyridine rings is 1. The number of hydrogen-bond acceptors (Lipinski definition) is 3. The smallest absolute Gasteiger partial charge is 0.255 e. The molecule has 0 saturated carbocycles. The molecule has 0 atom stereocenters. The molecule has 0 radical (unpaired) electrons. The molecule has 5 rings (SSSR count). The van der Waals surface area contributed by atoms with Crippen molar-refractivity contribution in [2.24, 2.45) is 7.05 Å². The van der Waals surface area contributed by atoms with Crippen LogP contribution in [-0.4, -0.2) is 20.7 Å². The number of aromatic amines is 1. The Morgan fingerprint density at radius 1 is 1.03 bits per heavy atom. The number of aromatic nitrogens is 3. The van der Waals surface area contributed by atoms with Crippen molar-refractivity contribution >= 4 is 33.4 Å². The van der Waals surface area contributed by atoms with Crippen LogP contribution >= 0.6 is 0 Å². The van der Waals surface area contributed by atoms with E-state index in [1.807, 2.05) is 12.1 Å². The lowest BCUT2D eigenvalue weighted by molar-refractivity contribution is 0.102. The Bertz CT molecular complexity index is 1530. The summed E-state index contributed by atoms with van der Waals surface area (Å²) in [5.74, 6) is -0.813. The number of fused-ring (bicyclic) bond motifs is 2. The number of anilines is 1. The summed E-state index contributed by atoms with van der Waals surface area (Å²) in [6, 6.07) is 16.3. The van der Waals surface area contributed by atoms with E-state index in [2.05, 4.69) is 15.4 Å². The zero-order chi connectivity index (χ0) is 21.5. The van der Waals surface area contributed by atoms with Gasteiger partial charge in [0.05, 0.1) is 6.20 Å². The van der Waals surface area contributed by atoms with Crippen molar-refractivity contribution in [2.75, 3.05) is 5.32 Å². The van der Waals surface area contributed by atoms with Gasteiger partial charge in [0.1, 0.15) is 5.82 Å². The van der Waals surface area contributed by atoms with Gasteiger partial charge in [-0.25, -0.2) is 4.39 Å². The van der Waals surface area contributed by atoms with Crippen molar-refractivity contribution in [1.29, 1.82) is 0 Å². The average Bonchev–Trinajstić information content (AvgIpc) is 3.21. The average molecular weight is 412 g/mol. The van der Waals surface area contributed by atoms with Gasteiger partial charge in [-0.3, -0.25) is 14.3 Å². The molecule has 0 saturated heterocycles. The van der Waals surface area contributed by atoms with E-state index < -0.39 is 11.7 Å². The quantitative estimate of drug-likeness (QED) is 0.429. The van der Waals surface area contributed by atoms with E-state index in [1.54, 1.807) is 54.5 Å². The molecule has 31 heavy (non-hydrogen) atoms. The van der Waals surface area contributed by atoms with Crippen molar-refractivity contribution in [3.63, 3.8) is 0 Å². The number of amides is 1. The van der Waals surface area contributed by atoms with E-state index in [0.717, 1.165) is 5.52 Å². The molecule has 152 valence electrons. The van der Waals surface area contributed by atoms with Crippen LogP contribution in [0.1, 0.15) is 10.4 Å². The third-order valence-corrected chi connectivity index (χ3v) is 5.21. The first-order valence-corrected chi connectivity index (χ1v) is 9.64.